The second-order valence-electron chi connectivity index (χ2n) is 6.49. The first kappa shape index (κ1) is 17.1. The lowest BCUT2D eigenvalue weighted by Crippen LogP contribution is -2.38. The third-order valence-electron chi connectivity index (χ3n) is 4.48. The Hall–Kier alpha value is -2.70. The van der Waals surface area contributed by atoms with Gasteiger partial charge in [0.15, 0.2) is 5.82 Å². The van der Waals surface area contributed by atoms with Crippen LogP contribution in [0.25, 0.3) is 11.4 Å². The molecule has 3 N–H and O–H groups in total. The first-order valence-electron chi connectivity index (χ1n) is 8.70. The Bertz CT molecular complexity index is 732. The van der Waals surface area contributed by atoms with Gasteiger partial charge < -0.3 is 10.6 Å². The molecule has 1 heterocycles. The molecule has 1 aromatic heterocycles. The van der Waals surface area contributed by atoms with Crippen LogP contribution in [0.1, 0.15) is 37.9 Å². The lowest BCUT2D eigenvalue weighted by atomic mass is 9.89. The van der Waals surface area contributed by atoms with Crippen LogP contribution in [0, 0.1) is 12.8 Å². The Morgan fingerprint density at radius 2 is 1.84 bits per heavy atom. The van der Waals surface area contributed by atoms with Crippen molar-refractivity contribution in [3.63, 3.8) is 0 Å². The second-order valence-corrected chi connectivity index (χ2v) is 6.49. The molecule has 1 aromatic carbocycles. The maximum atomic E-state index is 12.0. The highest BCUT2D eigenvalue weighted by Gasteiger charge is 2.18. The molecule has 0 bridgehead atoms. The molecule has 0 atom stereocenters. The molecule has 132 valence electrons. The van der Waals surface area contributed by atoms with E-state index in [1.54, 1.807) is 24.3 Å². The Labute approximate surface area is 146 Å². The molecule has 0 saturated heterocycles. The van der Waals surface area contributed by atoms with Crippen molar-refractivity contribution in [1.82, 2.24) is 20.5 Å². The van der Waals surface area contributed by atoms with Crippen molar-refractivity contribution in [3.8, 4) is 11.4 Å². The predicted octanol–water partition coefficient (Wildman–Crippen LogP) is 2.42. The third kappa shape index (κ3) is 4.65. The molecule has 0 radical (unpaired) electrons. The van der Waals surface area contributed by atoms with Crippen LogP contribution in [-0.4, -0.2) is 33.5 Å². The minimum Gasteiger partial charge on any atom is -0.348 e. The van der Waals surface area contributed by atoms with Crippen LogP contribution in [0.4, 0.5) is 5.69 Å². The summed E-state index contributed by atoms with van der Waals surface area (Å²) in [6.45, 7) is 2.41. The fraction of sp³-hybridized carbons (Fsp3) is 0.444. The van der Waals surface area contributed by atoms with Crippen LogP contribution in [0.3, 0.4) is 0 Å². The van der Waals surface area contributed by atoms with Gasteiger partial charge in [-0.3, -0.25) is 14.7 Å². The number of rotatable bonds is 4. The van der Waals surface area contributed by atoms with Gasteiger partial charge in [-0.25, -0.2) is 4.98 Å². The molecule has 0 spiro atoms. The van der Waals surface area contributed by atoms with Gasteiger partial charge in [-0.15, -0.1) is 0 Å². The summed E-state index contributed by atoms with van der Waals surface area (Å²) in [4.78, 5) is 28.2. The molecule has 1 aliphatic rings. The smallest absolute Gasteiger partial charge is 0.313 e. The van der Waals surface area contributed by atoms with Gasteiger partial charge >= 0.3 is 11.8 Å². The first-order chi connectivity index (χ1) is 12.1. The van der Waals surface area contributed by atoms with Crippen LogP contribution < -0.4 is 10.6 Å². The first-order valence-corrected chi connectivity index (χ1v) is 8.70. The van der Waals surface area contributed by atoms with Gasteiger partial charge in [-0.1, -0.05) is 19.3 Å². The topological polar surface area (TPSA) is 99.8 Å². The van der Waals surface area contributed by atoms with Gasteiger partial charge in [0.2, 0.25) is 0 Å². The van der Waals surface area contributed by atoms with E-state index < -0.39 is 11.8 Å². The number of nitrogens with zero attached hydrogens (tertiary/aromatic N) is 2. The van der Waals surface area contributed by atoms with Crippen LogP contribution in [0.5, 0.6) is 0 Å². The highest BCUT2D eigenvalue weighted by molar-refractivity contribution is 6.39. The summed E-state index contributed by atoms with van der Waals surface area (Å²) in [6, 6.07) is 7.07. The normalized spacial score (nSPS) is 14.9. The molecule has 3 rings (SSSR count). The van der Waals surface area contributed by atoms with Crippen molar-refractivity contribution in [2.45, 2.75) is 39.0 Å². The number of anilines is 1. The predicted molar refractivity (Wildman–Crippen MR) is 94.8 cm³/mol. The molecule has 1 aliphatic carbocycles. The Morgan fingerprint density at radius 1 is 1.12 bits per heavy atom. The number of H-pyrrole nitrogens is 1. The van der Waals surface area contributed by atoms with Crippen molar-refractivity contribution < 1.29 is 9.59 Å². The van der Waals surface area contributed by atoms with Crippen molar-refractivity contribution in [2.75, 3.05) is 11.9 Å². The Morgan fingerprint density at radius 3 is 2.48 bits per heavy atom. The summed E-state index contributed by atoms with van der Waals surface area (Å²) >= 11 is 0. The average Bonchev–Trinajstić information content (AvgIpc) is 3.07. The molecule has 7 heteroatoms. The highest BCUT2D eigenvalue weighted by Crippen LogP contribution is 2.22. The summed E-state index contributed by atoms with van der Waals surface area (Å²) in [5.41, 5.74) is 1.40. The summed E-state index contributed by atoms with van der Waals surface area (Å²) in [5, 5.41) is 12.2. The largest absolute Gasteiger partial charge is 0.348 e. The zero-order chi connectivity index (χ0) is 17.6. The van der Waals surface area contributed by atoms with E-state index in [1.165, 1.54) is 19.3 Å². The number of amides is 2. The zero-order valence-corrected chi connectivity index (χ0v) is 14.3. The number of benzene rings is 1. The number of aryl methyl sites for hydroxylation is 1. The van der Waals surface area contributed by atoms with Gasteiger partial charge in [-0.05, 0) is 49.9 Å². The fourth-order valence-electron chi connectivity index (χ4n) is 3.07. The summed E-state index contributed by atoms with van der Waals surface area (Å²) < 4.78 is 0. The van der Waals surface area contributed by atoms with E-state index in [0.717, 1.165) is 24.2 Å². The van der Waals surface area contributed by atoms with Gasteiger partial charge in [0.25, 0.3) is 0 Å². The third-order valence-corrected chi connectivity index (χ3v) is 4.48. The molecule has 0 unspecified atom stereocenters. The number of carbonyl (C=O) groups excluding carboxylic acids is 2. The molecule has 2 aromatic rings. The number of carbonyl (C=O) groups is 2. The molecular weight excluding hydrogens is 318 g/mol. The average molecular weight is 341 g/mol. The van der Waals surface area contributed by atoms with E-state index in [9.17, 15) is 9.59 Å². The van der Waals surface area contributed by atoms with Crippen molar-refractivity contribution in [2.24, 2.45) is 5.92 Å². The number of aromatic amines is 1. The van der Waals surface area contributed by atoms with Crippen LogP contribution in [0.2, 0.25) is 0 Å². The van der Waals surface area contributed by atoms with Crippen LogP contribution in [-0.2, 0) is 9.59 Å². The quantitative estimate of drug-likeness (QED) is 0.744. The lowest BCUT2D eigenvalue weighted by Gasteiger charge is -2.21. The van der Waals surface area contributed by atoms with Crippen LogP contribution in [0.15, 0.2) is 24.3 Å². The fourth-order valence-corrected chi connectivity index (χ4v) is 3.07. The minimum absolute atomic E-state index is 0.495. The lowest BCUT2D eigenvalue weighted by molar-refractivity contribution is -0.136. The second kappa shape index (κ2) is 7.92. The monoisotopic (exact) mass is 341 g/mol. The van der Waals surface area contributed by atoms with Gasteiger partial charge in [0.05, 0.1) is 0 Å². The highest BCUT2D eigenvalue weighted by atomic mass is 16.2. The minimum atomic E-state index is -0.641. The summed E-state index contributed by atoms with van der Waals surface area (Å²) in [5.74, 6) is 0.605. The summed E-state index contributed by atoms with van der Waals surface area (Å²) in [6.07, 6.45) is 5.95. The number of hydrogen-bond donors (Lipinski definition) is 3. The molecule has 0 aliphatic heterocycles. The van der Waals surface area contributed by atoms with Crippen molar-refractivity contribution in [1.29, 1.82) is 0 Å². The maximum absolute atomic E-state index is 12.0. The van der Waals surface area contributed by atoms with E-state index in [2.05, 4.69) is 25.8 Å². The van der Waals surface area contributed by atoms with Gasteiger partial charge in [0, 0.05) is 17.8 Å². The SMILES string of the molecule is Cc1nc(-c2ccc(NC(=O)C(=O)NCC3CCCCC3)cc2)n[nH]1. The summed E-state index contributed by atoms with van der Waals surface area (Å²) in [7, 11) is 0. The van der Waals surface area contributed by atoms with Crippen LogP contribution >= 0.6 is 0 Å². The van der Waals surface area contributed by atoms with E-state index in [-0.39, 0.29) is 0 Å². The van der Waals surface area contributed by atoms with Gasteiger partial charge in [-0.2, -0.15) is 5.10 Å². The van der Waals surface area contributed by atoms with Crippen molar-refractivity contribution >= 4 is 17.5 Å². The number of nitrogens with one attached hydrogen (secondary N) is 3. The van der Waals surface area contributed by atoms with E-state index in [0.29, 0.717) is 24.0 Å². The molecule has 2 amide bonds. The number of hydrogen-bond acceptors (Lipinski definition) is 4. The van der Waals surface area contributed by atoms with E-state index in [4.69, 9.17) is 0 Å². The molecule has 7 nitrogen and oxygen atoms in total. The molecular formula is C18H23N5O2. The Balaban J connectivity index is 1.50. The maximum Gasteiger partial charge on any atom is 0.313 e. The number of aromatic nitrogens is 3. The Kier molecular flexibility index (Phi) is 5.42. The standard InChI is InChI=1S/C18H23N5O2/c1-12-20-16(23-22-12)14-7-9-15(10-8-14)21-18(25)17(24)19-11-13-5-3-2-4-6-13/h7-10,13H,2-6,11H2,1H3,(H,19,24)(H,21,25)(H,20,22,23). The van der Waals surface area contributed by atoms with Gasteiger partial charge in [0.1, 0.15) is 5.82 Å². The molecule has 1 fully saturated rings. The zero-order valence-electron chi connectivity index (χ0n) is 14.3. The van der Waals surface area contributed by atoms with E-state index >= 15 is 0 Å². The van der Waals surface area contributed by atoms with E-state index in [1.807, 2.05) is 6.92 Å². The molecule has 25 heavy (non-hydrogen) atoms. The van der Waals surface area contributed by atoms with Crippen molar-refractivity contribution in [3.05, 3.63) is 30.1 Å². The molecule has 1 saturated carbocycles.